The number of carbonyl (C=O) groups excluding carboxylic acids is 1. The van der Waals surface area contributed by atoms with Crippen LogP contribution in [0.2, 0.25) is 5.02 Å². The van der Waals surface area contributed by atoms with E-state index in [-0.39, 0.29) is 15.8 Å². The second-order valence-corrected chi connectivity index (χ2v) is 10.0. The van der Waals surface area contributed by atoms with Crippen molar-refractivity contribution < 1.29 is 13.2 Å². The van der Waals surface area contributed by atoms with Gasteiger partial charge in [0.2, 0.25) is 10.0 Å². The van der Waals surface area contributed by atoms with Gasteiger partial charge in [-0.1, -0.05) is 54.4 Å². The van der Waals surface area contributed by atoms with Gasteiger partial charge in [0.1, 0.15) is 4.90 Å². The topological polar surface area (TPSA) is 57.7 Å². The van der Waals surface area contributed by atoms with E-state index < -0.39 is 10.0 Å². The minimum atomic E-state index is -3.71. The predicted molar refractivity (Wildman–Crippen MR) is 119 cm³/mol. The SMILES string of the molecule is O=C(c1ccc(Cl)c(S(=O)(=O)N2CCCCC2)c1)N1CC=C(c2ccccc2)CC1. The molecule has 0 aliphatic carbocycles. The van der Waals surface area contributed by atoms with Crippen molar-refractivity contribution in [3.05, 3.63) is 70.8 Å². The maximum atomic E-state index is 13.1. The minimum absolute atomic E-state index is 0.0226. The van der Waals surface area contributed by atoms with Crippen LogP contribution in [0.1, 0.15) is 41.6 Å². The Morgan fingerprint density at radius 3 is 2.33 bits per heavy atom. The van der Waals surface area contributed by atoms with Crippen molar-refractivity contribution in [3.8, 4) is 0 Å². The van der Waals surface area contributed by atoms with Crippen molar-refractivity contribution in [2.75, 3.05) is 26.2 Å². The summed E-state index contributed by atoms with van der Waals surface area (Å²) in [7, 11) is -3.71. The zero-order chi connectivity index (χ0) is 21.1. The van der Waals surface area contributed by atoms with Crippen molar-refractivity contribution in [1.82, 2.24) is 9.21 Å². The molecule has 0 spiro atoms. The highest BCUT2D eigenvalue weighted by Crippen LogP contribution is 2.29. The molecule has 158 valence electrons. The highest BCUT2D eigenvalue weighted by Gasteiger charge is 2.29. The smallest absolute Gasteiger partial charge is 0.254 e. The van der Waals surface area contributed by atoms with Crippen LogP contribution < -0.4 is 0 Å². The van der Waals surface area contributed by atoms with Gasteiger partial charge in [0, 0.05) is 31.7 Å². The van der Waals surface area contributed by atoms with Gasteiger partial charge in [-0.2, -0.15) is 4.31 Å². The van der Waals surface area contributed by atoms with Gasteiger partial charge in [0.15, 0.2) is 0 Å². The third kappa shape index (κ3) is 4.31. The molecule has 30 heavy (non-hydrogen) atoms. The first-order valence-corrected chi connectivity index (χ1v) is 12.1. The number of piperidine rings is 1. The molecule has 0 atom stereocenters. The molecular weight excluding hydrogens is 420 g/mol. The number of nitrogens with zero attached hydrogens (tertiary/aromatic N) is 2. The molecular formula is C23H25ClN2O3S. The second-order valence-electron chi connectivity index (χ2n) is 7.71. The first-order chi connectivity index (χ1) is 14.5. The Hall–Kier alpha value is -2.15. The lowest BCUT2D eigenvalue weighted by Crippen LogP contribution is -2.36. The lowest BCUT2D eigenvalue weighted by atomic mass is 9.99. The molecule has 7 heteroatoms. The Morgan fingerprint density at radius 1 is 0.933 bits per heavy atom. The minimum Gasteiger partial charge on any atom is -0.335 e. The molecule has 0 N–H and O–H groups in total. The molecule has 0 aromatic heterocycles. The molecule has 0 bridgehead atoms. The third-order valence-electron chi connectivity index (χ3n) is 5.75. The first kappa shape index (κ1) is 21.1. The molecule has 1 amide bonds. The number of hydrogen-bond donors (Lipinski definition) is 0. The summed E-state index contributed by atoms with van der Waals surface area (Å²) < 4.78 is 27.6. The Balaban J connectivity index is 1.54. The lowest BCUT2D eigenvalue weighted by Gasteiger charge is -2.28. The Kier molecular flexibility index (Phi) is 6.27. The van der Waals surface area contributed by atoms with Gasteiger partial charge in [-0.05, 0) is 48.6 Å². The van der Waals surface area contributed by atoms with Gasteiger partial charge < -0.3 is 4.90 Å². The largest absolute Gasteiger partial charge is 0.335 e. The normalized spacial score (nSPS) is 18.2. The third-order valence-corrected chi connectivity index (χ3v) is 8.13. The van der Waals surface area contributed by atoms with Crippen LogP contribution in [0.15, 0.2) is 59.5 Å². The number of rotatable bonds is 4. The monoisotopic (exact) mass is 444 g/mol. The molecule has 2 aromatic carbocycles. The van der Waals surface area contributed by atoms with Crippen molar-refractivity contribution in [2.45, 2.75) is 30.6 Å². The number of hydrogen-bond acceptors (Lipinski definition) is 3. The maximum Gasteiger partial charge on any atom is 0.254 e. The van der Waals surface area contributed by atoms with Gasteiger partial charge in [-0.3, -0.25) is 4.79 Å². The number of amides is 1. The summed E-state index contributed by atoms with van der Waals surface area (Å²) in [5.74, 6) is -0.176. The van der Waals surface area contributed by atoms with Crippen LogP contribution in [0.4, 0.5) is 0 Å². The highest BCUT2D eigenvalue weighted by molar-refractivity contribution is 7.89. The number of benzene rings is 2. The molecule has 0 radical (unpaired) electrons. The van der Waals surface area contributed by atoms with Gasteiger partial charge in [-0.15, -0.1) is 0 Å². The molecule has 1 fully saturated rings. The zero-order valence-electron chi connectivity index (χ0n) is 16.8. The van der Waals surface area contributed by atoms with E-state index in [2.05, 4.69) is 18.2 Å². The second kappa shape index (κ2) is 8.92. The van der Waals surface area contributed by atoms with Crippen LogP contribution >= 0.6 is 11.6 Å². The summed E-state index contributed by atoms with van der Waals surface area (Å²) in [6.45, 7) is 2.09. The highest BCUT2D eigenvalue weighted by atomic mass is 35.5. The van der Waals surface area contributed by atoms with Crippen molar-refractivity contribution in [2.24, 2.45) is 0 Å². The van der Waals surface area contributed by atoms with E-state index in [4.69, 9.17) is 11.6 Å². The molecule has 1 saturated heterocycles. The first-order valence-electron chi connectivity index (χ1n) is 10.3. The summed E-state index contributed by atoms with van der Waals surface area (Å²) in [6, 6.07) is 14.7. The van der Waals surface area contributed by atoms with Crippen LogP contribution in [-0.2, 0) is 10.0 Å². The fourth-order valence-corrected chi connectivity index (χ4v) is 6.05. The standard InChI is InChI=1S/C23H25ClN2O3S/c24-21-10-9-20(17-22(21)30(28,29)26-13-5-2-6-14-26)23(27)25-15-11-19(12-16-25)18-7-3-1-4-8-18/h1,3-4,7-11,17H,2,5-6,12-16H2. The van der Waals surface area contributed by atoms with Crippen LogP contribution in [0, 0.1) is 0 Å². The number of carbonyl (C=O) groups is 1. The lowest BCUT2D eigenvalue weighted by molar-refractivity contribution is 0.0772. The van der Waals surface area contributed by atoms with Crippen molar-refractivity contribution in [3.63, 3.8) is 0 Å². The van der Waals surface area contributed by atoms with Gasteiger partial charge in [0.05, 0.1) is 5.02 Å². The van der Waals surface area contributed by atoms with Gasteiger partial charge in [-0.25, -0.2) is 8.42 Å². The average Bonchev–Trinajstić information content (AvgIpc) is 2.80. The Morgan fingerprint density at radius 2 is 1.67 bits per heavy atom. The summed E-state index contributed by atoms with van der Waals surface area (Å²) in [5.41, 5.74) is 2.75. The quantitative estimate of drug-likeness (QED) is 0.700. The van der Waals surface area contributed by atoms with E-state index >= 15 is 0 Å². The number of sulfonamides is 1. The zero-order valence-corrected chi connectivity index (χ0v) is 18.3. The van der Waals surface area contributed by atoms with E-state index in [0.29, 0.717) is 31.7 Å². The maximum absolute atomic E-state index is 13.1. The van der Waals surface area contributed by atoms with E-state index in [0.717, 1.165) is 25.7 Å². The Labute approximate surface area is 183 Å². The van der Waals surface area contributed by atoms with Crippen LogP contribution in [-0.4, -0.2) is 49.7 Å². The fourth-order valence-electron chi connectivity index (χ4n) is 4.03. The van der Waals surface area contributed by atoms with Gasteiger partial charge in [0.25, 0.3) is 5.91 Å². The Bertz CT molecular complexity index is 1060. The molecule has 2 heterocycles. The van der Waals surface area contributed by atoms with E-state index in [1.165, 1.54) is 27.6 Å². The van der Waals surface area contributed by atoms with Gasteiger partial charge >= 0.3 is 0 Å². The fraction of sp³-hybridized carbons (Fsp3) is 0.348. The molecule has 2 aromatic rings. The van der Waals surface area contributed by atoms with E-state index in [1.54, 1.807) is 11.0 Å². The van der Waals surface area contributed by atoms with Crippen LogP contribution in [0.5, 0.6) is 0 Å². The summed E-state index contributed by atoms with van der Waals surface area (Å²) >= 11 is 6.24. The predicted octanol–water partition coefficient (Wildman–Crippen LogP) is 4.44. The molecule has 0 unspecified atom stereocenters. The average molecular weight is 445 g/mol. The molecule has 2 aliphatic heterocycles. The summed E-state index contributed by atoms with van der Waals surface area (Å²) in [6.07, 6.45) is 5.56. The molecule has 2 aliphatic rings. The van der Waals surface area contributed by atoms with Crippen LogP contribution in [0.25, 0.3) is 5.57 Å². The van der Waals surface area contributed by atoms with E-state index in [1.807, 2.05) is 18.2 Å². The molecule has 5 nitrogen and oxygen atoms in total. The van der Waals surface area contributed by atoms with Crippen molar-refractivity contribution >= 4 is 33.1 Å². The summed E-state index contributed by atoms with van der Waals surface area (Å²) in [4.78, 5) is 14.8. The van der Waals surface area contributed by atoms with E-state index in [9.17, 15) is 13.2 Å². The molecule has 4 rings (SSSR count). The van der Waals surface area contributed by atoms with Crippen LogP contribution in [0.3, 0.4) is 0 Å². The van der Waals surface area contributed by atoms with Crippen molar-refractivity contribution in [1.29, 1.82) is 0 Å². The summed E-state index contributed by atoms with van der Waals surface area (Å²) in [5, 5.41) is 0.155. The molecule has 0 saturated carbocycles. The number of halogens is 1.